The summed E-state index contributed by atoms with van der Waals surface area (Å²) in [5.41, 5.74) is 1.08. The first kappa shape index (κ1) is 16.7. The van der Waals surface area contributed by atoms with Gasteiger partial charge in [-0.25, -0.2) is 0 Å². The Morgan fingerprint density at radius 3 is 1.88 bits per heavy atom. The molecule has 0 aromatic carbocycles. The topological polar surface area (TPSA) is 43.3 Å². The average Bonchev–Trinajstić information content (AvgIpc) is 2.38. The summed E-state index contributed by atoms with van der Waals surface area (Å²) in [6.45, 7) is 9.27. The van der Waals surface area contributed by atoms with Gasteiger partial charge in [-0.2, -0.15) is 0 Å². The van der Waals surface area contributed by atoms with Crippen molar-refractivity contribution in [2.75, 3.05) is 47.1 Å². The molecule has 6 heteroatoms. The Morgan fingerprint density at radius 1 is 1.06 bits per heavy atom. The third kappa shape index (κ3) is 5.74. The van der Waals surface area contributed by atoms with Gasteiger partial charge in [0.1, 0.15) is 6.17 Å². The fourth-order valence-electron chi connectivity index (χ4n) is 1.50. The molecule has 0 heterocycles. The van der Waals surface area contributed by atoms with Crippen LogP contribution in [0.25, 0.3) is 0 Å². The zero-order chi connectivity index (χ0) is 13.3. The Hall–Kier alpha value is -0.273. The highest BCUT2D eigenvalue weighted by Crippen LogP contribution is 2.06. The fourth-order valence-corrected chi connectivity index (χ4v) is 2.85. The molecule has 0 saturated carbocycles. The second-order valence-corrected chi connectivity index (χ2v) is 6.72. The van der Waals surface area contributed by atoms with Crippen molar-refractivity contribution < 1.29 is 13.3 Å². The maximum atomic E-state index is 5.32. The SMILES string of the molecule is CCN(CC)CC(C)=NC[Si](OC)(OC)OC. The van der Waals surface area contributed by atoms with Crippen LogP contribution < -0.4 is 0 Å². The van der Waals surface area contributed by atoms with Crippen LogP contribution in [0.2, 0.25) is 0 Å². The van der Waals surface area contributed by atoms with Gasteiger partial charge < -0.3 is 13.3 Å². The smallest absolute Gasteiger partial charge is 0.376 e. The number of rotatable bonds is 9. The van der Waals surface area contributed by atoms with Gasteiger partial charge in [-0.15, -0.1) is 0 Å². The van der Waals surface area contributed by atoms with Crippen molar-refractivity contribution in [3.05, 3.63) is 0 Å². The molecule has 0 radical (unpaired) electrons. The quantitative estimate of drug-likeness (QED) is 0.463. The van der Waals surface area contributed by atoms with Gasteiger partial charge in [0.05, 0.1) is 0 Å². The Labute approximate surface area is 106 Å². The first-order chi connectivity index (χ1) is 8.07. The van der Waals surface area contributed by atoms with Crippen molar-refractivity contribution in [3.8, 4) is 0 Å². The lowest BCUT2D eigenvalue weighted by Gasteiger charge is -2.23. The van der Waals surface area contributed by atoms with Crippen LogP contribution in [0.4, 0.5) is 0 Å². The van der Waals surface area contributed by atoms with Crippen LogP contribution >= 0.6 is 0 Å². The van der Waals surface area contributed by atoms with Crippen LogP contribution in [0.3, 0.4) is 0 Å². The second-order valence-electron chi connectivity index (χ2n) is 3.81. The monoisotopic (exact) mass is 262 g/mol. The Kier molecular flexibility index (Phi) is 8.62. The van der Waals surface area contributed by atoms with Crippen LogP contribution in [-0.2, 0) is 13.3 Å². The van der Waals surface area contributed by atoms with E-state index in [2.05, 4.69) is 23.7 Å². The highest BCUT2D eigenvalue weighted by atomic mass is 28.4. The summed E-state index contributed by atoms with van der Waals surface area (Å²) in [4.78, 5) is 6.82. The first-order valence-corrected chi connectivity index (χ1v) is 7.88. The van der Waals surface area contributed by atoms with Gasteiger partial charge in [0.15, 0.2) is 0 Å². The van der Waals surface area contributed by atoms with E-state index in [1.165, 1.54) is 0 Å². The molecule has 0 aliphatic heterocycles. The van der Waals surface area contributed by atoms with E-state index in [4.69, 9.17) is 13.3 Å². The maximum absolute atomic E-state index is 5.32. The highest BCUT2D eigenvalue weighted by Gasteiger charge is 2.37. The number of hydrogen-bond acceptors (Lipinski definition) is 5. The van der Waals surface area contributed by atoms with Gasteiger partial charge in [0, 0.05) is 33.6 Å². The molecule has 0 rings (SSSR count). The molecule has 0 saturated heterocycles. The Balaban J connectivity index is 4.38. The predicted octanol–water partition coefficient (Wildman–Crippen LogP) is 1.21. The Bertz CT molecular complexity index is 220. The number of hydrogen-bond donors (Lipinski definition) is 0. The molecule has 17 heavy (non-hydrogen) atoms. The molecule has 102 valence electrons. The minimum Gasteiger partial charge on any atom is -0.376 e. The highest BCUT2D eigenvalue weighted by molar-refractivity contribution is 6.61. The molecule has 5 nitrogen and oxygen atoms in total. The van der Waals surface area contributed by atoms with Crippen LogP contribution in [0.1, 0.15) is 20.8 Å². The molecule has 0 aromatic heterocycles. The van der Waals surface area contributed by atoms with E-state index in [0.717, 1.165) is 25.3 Å². The maximum Gasteiger partial charge on any atom is 0.522 e. The lowest BCUT2D eigenvalue weighted by molar-refractivity contribution is 0.125. The summed E-state index contributed by atoms with van der Waals surface area (Å²) >= 11 is 0. The largest absolute Gasteiger partial charge is 0.522 e. The molecule has 0 fully saturated rings. The van der Waals surface area contributed by atoms with Crippen LogP contribution in [0, 0.1) is 0 Å². The van der Waals surface area contributed by atoms with Gasteiger partial charge in [-0.3, -0.25) is 9.89 Å². The molecule has 0 N–H and O–H groups in total. The molecule has 0 aliphatic rings. The van der Waals surface area contributed by atoms with Gasteiger partial charge in [-0.1, -0.05) is 13.8 Å². The van der Waals surface area contributed by atoms with E-state index in [-0.39, 0.29) is 0 Å². The first-order valence-electron chi connectivity index (χ1n) is 5.95. The fraction of sp³-hybridized carbons (Fsp3) is 0.909. The minimum absolute atomic E-state index is 0.476. The van der Waals surface area contributed by atoms with E-state index in [1.807, 2.05) is 6.92 Å². The molecule has 0 amide bonds. The number of aliphatic imine (C=N–C) groups is 1. The van der Waals surface area contributed by atoms with Crippen molar-refractivity contribution in [2.45, 2.75) is 20.8 Å². The van der Waals surface area contributed by atoms with Crippen molar-refractivity contribution in [3.63, 3.8) is 0 Å². The number of nitrogens with zero attached hydrogens (tertiary/aromatic N) is 2. The molecule has 0 aromatic rings. The summed E-state index contributed by atoms with van der Waals surface area (Å²) in [5.74, 6) is 0. The van der Waals surface area contributed by atoms with Gasteiger partial charge in [0.25, 0.3) is 0 Å². The predicted molar refractivity (Wildman–Crippen MR) is 72.5 cm³/mol. The molecular formula is C11H26N2O3Si. The standard InChI is InChI=1S/C11H26N2O3Si/c1-7-13(8-2)9-11(3)12-10-17(14-4,15-5)16-6/h7-10H2,1-6H3. The van der Waals surface area contributed by atoms with Crippen molar-refractivity contribution in [1.82, 2.24) is 4.90 Å². The summed E-state index contributed by atoms with van der Waals surface area (Å²) in [6, 6.07) is 0. The molecule has 0 unspecified atom stereocenters. The summed E-state index contributed by atoms with van der Waals surface area (Å²) in [7, 11) is 2.26. The lowest BCUT2D eigenvalue weighted by Crippen LogP contribution is -2.47. The molecule has 0 aliphatic carbocycles. The normalized spacial score (nSPS) is 13.5. The Morgan fingerprint density at radius 2 is 1.53 bits per heavy atom. The molecule has 0 spiro atoms. The summed E-state index contributed by atoms with van der Waals surface area (Å²) in [5, 5.41) is 0. The lowest BCUT2D eigenvalue weighted by atomic mass is 10.3. The third-order valence-corrected chi connectivity index (χ3v) is 5.23. The van der Waals surface area contributed by atoms with Crippen LogP contribution in [0.15, 0.2) is 4.99 Å². The van der Waals surface area contributed by atoms with Gasteiger partial charge >= 0.3 is 8.80 Å². The molecular weight excluding hydrogens is 236 g/mol. The van der Waals surface area contributed by atoms with E-state index >= 15 is 0 Å². The molecule has 0 atom stereocenters. The van der Waals surface area contributed by atoms with E-state index < -0.39 is 8.80 Å². The zero-order valence-electron chi connectivity index (χ0n) is 11.9. The van der Waals surface area contributed by atoms with E-state index in [1.54, 1.807) is 21.3 Å². The van der Waals surface area contributed by atoms with Crippen LogP contribution in [-0.4, -0.2) is 66.5 Å². The van der Waals surface area contributed by atoms with Gasteiger partial charge in [0.2, 0.25) is 0 Å². The molecule has 0 bridgehead atoms. The third-order valence-electron chi connectivity index (χ3n) is 2.82. The zero-order valence-corrected chi connectivity index (χ0v) is 12.9. The minimum atomic E-state index is -2.56. The van der Waals surface area contributed by atoms with Crippen molar-refractivity contribution >= 4 is 14.5 Å². The van der Waals surface area contributed by atoms with Gasteiger partial charge in [-0.05, 0) is 20.0 Å². The average molecular weight is 262 g/mol. The van der Waals surface area contributed by atoms with Crippen molar-refractivity contribution in [2.24, 2.45) is 4.99 Å². The van der Waals surface area contributed by atoms with Crippen molar-refractivity contribution in [1.29, 1.82) is 0 Å². The summed E-state index contributed by atoms with van der Waals surface area (Å²) in [6.07, 6.45) is 0.476. The summed E-state index contributed by atoms with van der Waals surface area (Å²) < 4.78 is 16.0. The van der Waals surface area contributed by atoms with Crippen LogP contribution in [0.5, 0.6) is 0 Å². The second kappa shape index (κ2) is 8.76. The van der Waals surface area contributed by atoms with E-state index in [0.29, 0.717) is 6.17 Å². The van der Waals surface area contributed by atoms with E-state index in [9.17, 15) is 0 Å².